The Morgan fingerprint density at radius 3 is 2.67 bits per heavy atom. The van der Waals surface area contributed by atoms with Crippen LogP contribution in [-0.2, 0) is 4.74 Å². The maximum absolute atomic E-state index is 5.59. The number of benzene rings is 1. The molecule has 1 N–H and O–H groups in total. The lowest BCUT2D eigenvalue weighted by atomic mass is 10.0. The Morgan fingerprint density at radius 2 is 2.00 bits per heavy atom. The van der Waals surface area contributed by atoms with Crippen LogP contribution in [0.1, 0.15) is 27.2 Å². The Bertz CT molecular complexity index is 341. The van der Waals surface area contributed by atoms with E-state index in [-0.39, 0.29) is 0 Å². The van der Waals surface area contributed by atoms with E-state index in [1.165, 1.54) is 6.42 Å². The van der Waals surface area contributed by atoms with Gasteiger partial charge in [-0.15, -0.1) is 0 Å². The second-order valence-corrected chi connectivity index (χ2v) is 4.69. The summed E-state index contributed by atoms with van der Waals surface area (Å²) in [5.74, 6) is 1.54. The second kappa shape index (κ2) is 7.98. The van der Waals surface area contributed by atoms with Crippen LogP contribution in [0.15, 0.2) is 24.3 Å². The molecule has 0 aliphatic rings. The van der Waals surface area contributed by atoms with Gasteiger partial charge in [0.15, 0.2) is 0 Å². The fourth-order valence-electron chi connectivity index (χ4n) is 1.68. The third kappa shape index (κ3) is 4.96. The minimum Gasteiger partial charge on any atom is -0.491 e. The molecule has 2 atom stereocenters. The average Bonchev–Trinajstić information content (AvgIpc) is 2.38. The van der Waals surface area contributed by atoms with Crippen LogP contribution in [0.5, 0.6) is 5.75 Å². The molecule has 0 spiro atoms. The molecule has 0 aliphatic carbocycles. The maximum atomic E-state index is 5.59. The van der Waals surface area contributed by atoms with E-state index in [1.54, 1.807) is 7.11 Å². The summed E-state index contributed by atoms with van der Waals surface area (Å²) in [6, 6.07) is 8.54. The summed E-state index contributed by atoms with van der Waals surface area (Å²) >= 11 is 0. The summed E-state index contributed by atoms with van der Waals surface area (Å²) in [7, 11) is 1.68. The van der Waals surface area contributed by atoms with Gasteiger partial charge in [-0.05, 0) is 25.0 Å². The van der Waals surface area contributed by atoms with E-state index in [2.05, 4.69) is 32.2 Å². The molecule has 0 saturated carbocycles. The van der Waals surface area contributed by atoms with Crippen LogP contribution in [0.2, 0.25) is 0 Å². The van der Waals surface area contributed by atoms with Crippen molar-refractivity contribution in [3.63, 3.8) is 0 Å². The summed E-state index contributed by atoms with van der Waals surface area (Å²) in [5, 5.41) is 3.51. The molecule has 3 nitrogen and oxygen atoms in total. The molecule has 0 aromatic heterocycles. The molecule has 1 aromatic rings. The first-order chi connectivity index (χ1) is 8.67. The fraction of sp³-hybridized carbons (Fsp3) is 0.600. The third-order valence-corrected chi connectivity index (χ3v) is 3.28. The van der Waals surface area contributed by atoms with Crippen LogP contribution in [0.25, 0.3) is 0 Å². The molecule has 2 unspecified atom stereocenters. The number of anilines is 1. The van der Waals surface area contributed by atoms with Gasteiger partial charge in [0, 0.05) is 24.9 Å². The van der Waals surface area contributed by atoms with Gasteiger partial charge in [0.05, 0.1) is 6.61 Å². The SMILES string of the molecule is CCC(C)C(C)Nc1cccc(OCCOC)c1. The van der Waals surface area contributed by atoms with Crippen molar-refractivity contribution in [2.45, 2.75) is 33.2 Å². The number of rotatable bonds is 8. The second-order valence-electron chi connectivity index (χ2n) is 4.69. The van der Waals surface area contributed by atoms with Gasteiger partial charge < -0.3 is 14.8 Å². The molecule has 3 heteroatoms. The lowest BCUT2D eigenvalue weighted by molar-refractivity contribution is 0.146. The Kier molecular flexibility index (Phi) is 6.58. The molecule has 0 aliphatic heterocycles. The van der Waals surface area contributed by atoms with Crippen LogP contribution in [0.4, 0.5) is 5.69 Å². The third-order valence-electron chi connectivity index (χ3n) is 3.28. The van der Waals surface area contributed by atoms with Crippen LogP contribution < -0.4 is 10.1 Å². The number of nitrogens with one attached hydrogen (secondary N) is 1. The van der Waals surface area contributed by atoms with Gasteiger partial charge in [0.25, 0.3) is 0 Å². The highest BCUT2D eigenvalue weighted by Crippen LogP contribution is 2.20. The lowest BCUT2D eigenvalue weighted by Crippen LogP contribution is -2.23. The number of hydrogen-bond acceptors (Lipinski definition) is 3. The van der Waals surface area contributed by atoms with Gasteiger partial charge in [-0.1, -0.05) is 26.3 Å². The number of methoxy groups -OCH3 is 1. The molecule has 18 heavy (non-hydrogen) atoms. The van der Waals surface area contributed by atoms with E-state index in [1.807, 2.05) is 18.2 Å². The van der Waals surface area contributed by atoms with Crippen molar-refractivity contribution in [3.8, 4) is 5.75 Å². The molecule has 0 heterocycles. The Balaban J connectivity index is 2.53. The van der Waals surface area contributed by atoms with E-state index in [9.17, 15) is 0 Å². The van der Waals surface area contributed by atoms with Crippen LogP contribution in [0, 0.1) is 5.92 Å². The predicted molar refractivity (Wildman–Crippen MR) is 76.4 cm³/mol. The maximum Gasteiger partial charge on any atom is 0.121 e. The molecule has 0 amide bonds. The number of hydrogen-bond donors (Lipinski definition) is 1. The van der Waals surface area contributed by atoms with E-state index in [0.29, 0.717) is 25.2 Å². The lowest BCUT2D eigenvalue weighted by Gasteiger charge is -2.21. The zero-order chi connectivity index (χ0) is 13.4. The largest absolute Gasteiger partial charge is 0.491 e. The molecule has 1 aromatic carbocycles. The Morgan fingerprint density at radius 1 is 1.22 bits per heavy atom. The van der Waals surface area contributed by atoms with Gasteiger partial charge in [0.1, 0.15) is 12.4 Å². The highest BCUT2D eigenvalue weighted by Gasteiger charge is 2.09. The molecular weight excluding hydrogens is 226 g/mol. The van der Waals surface area contributed by atoms with Crippen LogP contribution >= 0.6 is 0 Å². The van der Waals surface area contributed by atoms with Crippen molar-refractivity contribution >= 4 is 5.69 Å². The van der Waals surface area contributed by atoms with Crippen molar-refractivity contribution in [2.24, 2.45) is 5.92 Å². The summed E-state index contributed by atoms with van der Waals surface area (Å²) < 4.78 is 10.6. The van der Waals surface area contributed by atoms with E-state index in [0.717, 1.165) is 11.4 Å². The van der Waals surface area contributed by atoms with Crippen LogP contribution in [-0.4, -0.2) is 26.4 Å². The molecule has 1 rings (SSSR count). The summed E-state index contributed by atoms with van der Waals surface area (Å²) in [6.45, 7) is 7.89. The molecule has 0 fully saturated rings. The van der Waals surface area contributed by atoms with Gasteiger partial charge in [-0.25, -0.2) is 0 Å². The summed E-state index contributed by atoms with van der Waals surface area (Å²) in [5.41, 5.74) is 1.11. The summed E-state index contributed by atoms with van der Waals surface area (Å²) in [6.07, 6.45) is 1.18. The smallest absolute Gasteiger partial charge is 0.121 e. The topological polar surface area (TPSA) is 30.5 Å². The monoisotopic (exact) mass is 251 g/mol. The average molecular weight is 251 g/mol. The van der Waals surface area contributed by atoms with Crippen molar-refractivity contribution < 1.29 is 9.47 Å². The van der Waals surface area contributed by atoms with E-state index < -0.39 is 0 Å². The highest BCUT2D eigenvalue weighted by molar-refractivity contribution is 5.48. The standard InChI is InChI=1S/C15H25NO2/c1-5-12(2)13(3)16-14-7-6-8-15(11-14)18-10-9-17-4/h6-8,11-13,16H,5,9-10H2,1-4H3. The first-order valence-electron chi connectivity index (χ1n) is 6.65. The fourth-order valence-corrected chi connectivity index (χ4v) is 1.68. The Labute approximate surface area is 110 Å². The van der Waals surface area contributed by atoms with Crippen molar-refractivity contribution in [3.05, 3.63) is 24.3 Å². The minimum atomic E-state index is 0.462. The van der Waals surface area contributed by atoms with Gasteiger partial charge in [-0.2, -0.15) is 0 Å². The summed E-state index contributed by atoms with van der Waals surface area (Å²) in [4.78, 5) is 0. The highest BCUT2D eigenvalue weighted by atomic mass is 16.5. The van der Waals surface area contributed by atoms with Crippen molar-refractivity contribution in [1.82, 2.24) is 0 Å². The van der Waals surface area contributed by atoms with Crippen LogP contribution in [0.3, 0.4) is 0 Å². The molecule has 0 radical (unpaired) electrons. The molecule has 0 saturated heterocycles. The Hall–Kier alpha value is -1.22. The number of ether oxygens (including phenoxy) is 2. The van der Waals surface area contributed by atoms with Gasteiger partial charge in [-0.3, -0.25) is 0 Å². The van der Waals surface area contributed by atoms with Crippen molar-refractivity contribution in [1.29, 1.82) is 0 Å². The minimum absolute atomic E-state index is 0.462. The van der Waals surface area contributed by atoms with Gasteiger partial charge >= 0.3 is 0 Å². The quantitative estimate of drug-likeness (QED) is 0.717. The van der Waals surface area contributed by atoms with Crippen molar-refractivity contribution in [2.75, 3.05) is 25.6 Å². The predicted octanol–water partition coefficient (Wildman–Crippen LogP) is 3.56. The first kappa shape index (κ1) is 14.8. The molecule has 0 bridgehead atoms. The molecular formula is C15H25NO2. The first-order valence-corrected chi connectivity index (χ1v) is 6.65. The van der Waals surface area contributed by atoms with E-state index in [4.69, 9.17) is 9.47 Å². The zero-order valence-corrected chi connectivity index (χ0v) is 11.9. The zero-order valence-electron chi connectivity index (χ0n) is 11.9. The molecule has 102 valence electrons. The van der Waals surface area contributed by atoms with E-state index >= 15 is 0 Å². The van der Waals surface area contributed by atoms with Gasteiger partial charge in [0.2, 0.25) is 0 Å². The normalized spacial score (nSPS) is 14.0.